The summed E-state index contributed by atoms with van der Waals surface area (Å²) in [7, 11) is 0. The van der Waals surface area contributed by atoms with Crippen LogP contribution in [0.2, 0.25) is 5.02 Å². The number of amides is 2. The minimum atomic E-state index is -0.629. The third-order valence-electron chi connectivity index (χ3n) is 3.17. The molecule has 0 spiro atoms. The fraction of sp³-hybridized carbons (Fsp3) is 0.125. The van der Waals surface area contributed by atoms with Crippen LogP contribution in [0.25, 0.3) is 0 Å². The number of halogens is 2. The number of carbonyl (C=O) groups excluding carboxylic acids is 2. The molecule has 2 amide bonds. The fourth-order valence-electron chi connectivity index (χ4n) is 1.95. The van der Waals surface area contributed by atoms with Crippen LogP contribution in [0.3, 0.4) is 0 Å². The highest BCUT2D eigenvalue weighted by Gasteiger charge is 2.14. The maximum atomic E-state index is 11.9. The first-order chi connectivity index (χ1) is 11.9. The zero-order chi connectivity index (χ0) is 18.4. The third kappa shape index (κ3) is 5.54. The van der Waals surface area contributed by atoms with Crippen LogP contribution < -0.4 is 10.6 Å². The van der Waals surface area contributed by atoms with Crippen LogP contribution in [0.15, 0.2) is 46.9 Å². The molecule has 2 rings (SSSR count). The molecule has 9 heteroatoms. The third-order valence-corrected chi connectivity index (χ3v) is 4.02. The molecular weight excluding hydrogens is 414 g/mol. The van der Waals surface area contributed by atoms with Crippen molar-refractivity contribution in [3.63, 3.8) is 0 Å². The van der Waals surface area contributed by atoms with Crippen LogP contribution in [0, 0.1) is 10.1 Å². The van der Waals surface area contributed by atoms with Crippen LogP contribution >= 0.6 is 27.5 Å². The summed E-state index contributed by atoms with van der Waals surface area (Å²) in [5.74, 6) is -0.671. The summed E-state index contributed by atoms with van der Waals surface area (Å²) in [5, 5.41) is 16.0. The van der Waals surface area contributed by atoms with E-state index < -0.39 is 4.92 Å². The Morgan fingerprint density at radius 3 is 2.48 bits per heavy atom. The summed E-state index contributed by atoms with van der Waals surface area (Å²) < 4.78 is 0.862. The van der Waals surface area contributed by atoms with E-state index in [0.29, 0.717) is 5.56 Å². The number of anilines is 1. The van der Waals surface area contributed by atoms with Crippen molar-refractivity contribution < 1.29 is 14.5 Å². The highest BCUT2D eigenvalue weighted by atomic mass is 79.9. The molecule has 0 fully saturated rings. The smallest absolute Gasteiger partial charge is 0.289 e. The molecule has 25 heavy (non-hydrogen) atoms. The van der Waals surface area contributed by atoms with Gasteiger partial charge in [0.25, 0.3) is 11.6 Å². The lowest BCUT2D eigenvalue weighted by atomic mass is 10.2. The molecule has 0 atom stereocenters. The maximum Gasteiger partial charge on any atom is 0.289 e. The van der Waals surface area contributed by atoms with Crippen molar-refractivity contribution in [1.82, 2.24) is 5.32 Å². The van der Waals surface area contributed by atoms with Gasteiger partial charge in [-0.25, -0.2) is 0 Å². The minimum Gasteiger partial charge on any atom is -0.352 e. The molecule has 7 nitrogen and oxygen atoms in total. The van der Waals surface area contributed by atoms with Crippen LogP contribution in [-0.4, -0.2) is 23.3 Å². The van der Waals surface area contributed by atoms with Gasteiger partial charge < -0.3 is 10.6 Å². The highest BCUT2D eigenvalue weighted by molar-refractivity contribution is 9.10. The van der Waals surface area contributed by atoms with Gasteiger partial charge in [0.05, 0.1) is 4.92 Å². The quantitative estimate of drug-likeness (QED) is 0.542. The fourth-order valence-corrected chi connectivity index (χ4v) is 2.40. The average molecular weight is 427 g/mol. The molecule has 2 N–H and O–H groups in total. The first-order valence-electron chi connectivity index (χ1n) is 7.14. The van der Waals surface area contributed by atoms with Crippen LogP contribution in [0.4, 0.5) is 11.4 Å². The predicted octanol–water partition coefficient (Wildman–Crippen LogP) is 3.77. The zero-order valence-corrected chi connectivity index (χ0v) is 15.1. The van der Waals surface area contributed by atoms with Crippen LogP contribution in [0.5, 0.6) is 0 Å². The second-order valence-corrected chi connectivity index (χ2v) is 6.31. The molecule has 0 aliphatic heterocycles. The molecule has 0 aromatic heterocycles. The van der Waals surface area contributed by atoms with Crippen molar-refractivity contribution in [1.29, 1.82) is 0 Å². The second-order valence-electron chi connectivity index (χ2n) is 4.98. The molecule has 0 aliphatic carbocycles. The number of nitro groups is 1. The first kappa shape index (κ1) is 18.9. The molecule has 130 valence electrons. The number of rotatable bonds is 6. The Bertz CT molecular complexity index is 812. The van der Waals surface area contributed by atoms with E-state index in [1.54, 1.807) is 24.3 Å². The lowest BCUT2D eigenvalue weighted by molar-refractivity contribution is -0.384. The van der Waals surface area contributed by atoms with E-state index in [0.717, 1.165) is 4.47 Å². The van der Waals surface area contributed by atoms with E-state index in [1.807, 2.05) is 0 Å². The summed E-state index contributed by atoms with van der Waals surface area (Å²) in [6.07, 6.45) is 0.0265. The molecular formula is C16H13BrClN3O4. The van der Waals surface area contributed by atoms with E-state index in [4.69, 9.17) is 11.6 Å². The van der Waals surface area contributed by atoms with Gasteiger partial charge in [-0.05, 0) is 36.4 Å². The lowest BCUT2D eigenvalue weighted by Crippen LogP contribution is -2.27. The zero-order valence-electron chi connectivity index (χ0n) is 12.8. The Kier molecular flexibility index (Phi) is 6.49. The first-order valence-corrected chi connectivity index (χ1v) is 8.31. The number of nitro benzene ring substituents is 1. The number of nitrogens with one attached hydrogen (secondary N) is 2. The Morgan fingerprint density at radius 1 is 1.16 bits per heavy atom. The standard InChI is InChI=1S/C16H13BrClN3O4/c17-11-3-1-10(2-4-11)16(23)19-8-7-15(22)20-12-5-6-13(18)14(9-12)21(24)25/h1-6,9H,7-8H2,(H,19,23)(H,20,22). The van der Waals surface area contributed by atoms with E-state index in [-0.39, 0.29) is 41.2 Å². The van der Waals surface area contributed by atoms with Crippen molar-refractivity contribution in [2.24, 2.45) is 0 Å². The average Bonchev–Trinajstić information content (AvgIpc) is 2.57. The van der Waals surface area contributed by atoms with E-state index in [1.165, 1.54) is 18.2 Å². The minimum absolute atomic E-state index is 0.00948. The monoisotopic (exact) mass is 425 g/mol. The van der Waals surface area contributed by atoms with Gasteiger partial charge in [-0.1, -0.05) is 27.5 Å². The molecule has 0 saturated heterocycles. The Hall–Kier alpha value is -2.45. The lowest BCUT2D eigenvalue weighted by Gasteiger charge is -2.07. The van der Waals surface area contributed by atoms with Gasteiger partial charge in [0.1, 0.15) is 5.02 Å². The Labute approximate surface area is 156 Å². The molecule has 0 aliphatic rings. The number of hydrogen-bond acceptors (Lipinski definition) is 4. The number of carbonyl (C=O) groups is 2. The van der Waals surface area contributed by atoms with Gasteiger partial charge in [0.15, 0.2) is 0 Å². The highest BCUT2D eigenvalue weighted by Crippen LogP contribution is 2.27. The van der Waals surface area contributed by atoms with Gasteiger partial charge in [0, 0.05) is 34.8 Å². The maximum absolute atomic E-state index is 11.9. The molecule has 2 aromatic carbocycles. The molecule has 0 unspecified atom stereocenters. The topological polar surface area (TPSA) is 101 Å². The second kappa shape index (κ2) is 8.59. The van der Waals surface area contributed by atoms with E-state index in [9.17, 15) is 19.7 Å². The van der Waals surface area contributed by atoms with Crippen molar-refractivity contribution >= 4 is 50.7 Å². The van der Waals surface area contributed by atoms with Crippen LogP contribution in [0.1, 0.15) is 16.8 Å². The molecule has 2 aromatic rings. The number of benzene rings is 2. The van der Waals surface area contributed by atoms with Crippen molar-refractivity contribution in [3.8, 4) is 0 Å². The summed E-state index contributed by atoms with van der Waals surface area (Å²) >= 11 is 8.99. The molecule has 0 bridgehead atoms. The summed E-state index contributed by atoms with van der Waals surface area (Å²) in [6.45, 7) is 0.135. The van der Waals surface area contributed by atoms with Gasteiger partial charge in [-0.15, -0.1) is 0 Å². The summed E-state index contributed by atoms with van der Waals surface area (Å²) in [6, 6.07) is 10.8. The van der Waals surface area contributed by atoms with Gasteiger partial charge >= 0.3 is 0 Å². The van der Waals surface area contributed by atoms with Crippen molar-refractivity contribution in [2.75, 3.05) is 11.9 Å². The number of hydrogen-bond donors (Lipinski definition) is 2. The SMILES string of the molecule is O=C(CCNC(=O)c1ccc(Br)cc1)Nc1ccc(Cl)c([N+](=O)[O-])c1. The number of nitrogens with zero attached hydrogens (tertiary/aromatic N) is 1. The summed E-state index contributed by atoms with van der Waals surface area (Å²) in [5.41, 5.74) is 0.459. The van der Waals surface area contributed by atoms with Crippen molar-refractivity contribution in [3.05, 3.63) is 67.6 Å². The predicted molar refractivity (Wildman–Crippen MR) is 97.8 cm³/mol. The normalized spacial score (nSPS) is 10.2. The largest absolute Gasteiger partial charge is 0.352 e. The molecule has 0 saturated carbocycles. The van der Waals surface area contributed by atoms with Gasteiger partial charge in [-0.3, -0.25) is 19.7 Å². The van der Waals surface area contributed by atoms with Crippen LogP contribution in [-0.2, 0) is 4.79 Å². The van der Waals surface area contributed by atoms with E-state index in [2.05, 4.69) is 26.6 Å². The van der Waals surface area contributed by atoms with Gasteiger partial charge in [0.2, 0.25) is 5.91 Å². The molecule has 0 radical (unpaired) electrons. The Morgan fingerprint density at radius 2 is 1.84 bits per heavy atom. The van der Waals surface area contributed by atoms with Gasteiger partial charge in [-0.2, -0.15) is 0 Å². The molecule has 0 heterocycles. The van der Waals surface area contributed by atoms with E-state index >= 15 is 0 Å². The summed E-state index contributed by atoms with van der Waals surface area (Å²) in [4.78, 5) is 34.0. The Balaban J connectivity index is 1.85. The van der Waals surface area contributed by atoms with Crippen molar-refractivity contribution in [2.45, 2.75) is 6.42 Å².